The van der Waals surface area contributed by atoms with E-state index < -0.39 is 11.9 Å². The molecule has 7 nitrogen and oxygen atoms in total. The van der Waals surface area contributed by atoms with Crippen molar-refractivity contribution >= 4 is 35.1 Å². The summed E-state index contributed by atoms with van der Waals surface area (Å²) in [5.74, 6) is -1.28. The van der Waals surface area contributed by atoms with E-state index in [4.69, 9.17) is 4.74 Å². The molecule has 2 aliphatic heterocycles. The van der Waals surface area contributed by atoms with Crippen molar-refractivity contribution in [1.29, 1.82) is 0 Å². The Bertz CT molecular complexity index is 1050. The second-order valence-electron chi connectivity index (χ2n) is 7.74. The van der Waals surface area contributed by atoms with Crippen molar-refractivity contribution in [3.05, 3.63) is 53.6 Å². The summed E-state index contributed by atoms with van der Waals surface area (Å²) in [7, 11) is 0. The smallest absolute Gasteiger partial charge is 0.316 e. The van der Waals surface area contributed by atoms with Gasteiger partial charge in [0.05, 0.1) is 11.6 Å². The summed E-state index contributed by atoms with van der Waals surface area (Å²) in [5, 5.41) is 0. The number of esters is 1. The molecular weight excluding hydrogens is 384 g/mol. The van der Waals surface area contributed by atoms with Gasteiger partial charge in [0.2, 0.25) is 17.7 Å². The predicted octanol–water partition coefficient (Wildman–Crippen LogP) is 2.92. The molecule has 0 radical (unpaired) electrons. The fourth-order valence-corrected chi connectivity index (χ4v) is 3.90. The van der Waals surface area contributed by atoms with Crippen molar-refractivity contribution in [1.82, 2.24) is 0 Å². The lowest BCUT2D eigenvalue weighted by atomic mass is 10.1. The number of carbonyl (C=O) groups excluding carboxylic acids is 4. The largest absolute Gasteiger partial charge is 0.426 e. The van der Waals surface area contributed by atoms with Crippen LogP contribution < -0.4 is 14.5 Å². The Balaban J connectivity index is 1.45. The number of hydrogen-bond donors (Lipinski definition) is 0. The third-order valence-electron chi connectivity index (χ3n) is 5.45. The minimum absolute atomic E-state index is 0.0978. The van der Waals surface area contributed by atoms with Gasteiger partial charge in [-0.25, -0.2) is 0 Å². The molecule has 30 heavy (non-hydrogen) atoms. The highest BCUT2D eigenvalue weighted by Crippen LogP contribution is 2.31. The van der Waals surface area contributed by atoms with Gasteiger partial charge >= 0.3 is 5.97 Å². The van der Waals surface area contributed by atoms with Gasteiger partial charge < -0.3 is 9.64 Å². The second-order valence-corrected chi connectivity index (χ2v) is 7.74. The Morgan fingerprint density at radius 1 is 0.967 bits per heavy atom. The maximum Gasteiger partial charge on any atom is 0.316 e. The van der Waals surface area contributed by atoms with Crippen LogP contribution >= 0.6 is 0 Å². The number of rotatable bonds is 4. The number of imide groups is 1. The molecule has 2 aromatic rings. The monoisotopic (exact) mass is 406 g/mol. The lowest BCUT2D eigenvalue weighted by molar-refractivity contribution is -0.139. The topological polar surface area (TPSA) is 84.0 Å². The van der Waals surface area contributed by atoms with E-state index in [1.165, 1.54) is 4.90 Å². The summed E-state index contributed by atoms with van der Waals surface area (Å²) in [6.07, 6.45) is 0.519. The third-order valence-corrected chi connectivity index (χ3v) is 5.45. The van der Waals surface area contributed by atoms with Crippen molar-refractivity contribution in [2.24, 2.45) is 5.92 Å². The van der Waals surface area contributed by atoms with Crippen molar-refractivity contribution in [3.63, 3.8) is 0 Å². The molecule has 2 fully saturated rings. The van der Waals surface area contributed by atoms with Crippen LogP contribution in [0.2, 0.25) is 0 Å². The van der Waals surface area contributed by atoms with Gasteiger partial charge in [-0.15, -0.1) is 0 Å². The zero-order valence-electron chi connectivity index (χ0n) is 16.9. The van der Waals surface area contributed by atoms with Crippen LogP contribution in [0.25, 0.3) is 0 Å². The normalized spacial score (nSPS) is 19.0. The van der Waals surface area contributed by atoms with Crippen molar-refractivity contribution < 1.29 is 23.9 Å². The standard InChI is InChI=1S/C23H22N2O5/c1-14-4-3-5-17(10-14)24-13-16(12-22(24)28)23(29)30-18-6-7-19(15(2)11-18)25-20(26)8-9-21(25)27/h3-7,10-11,16H,8-9,12-13H2,1-2H3/t16-/m0/s1. The number of benzene rings is 2. The molecule has 7 heteroatoms. The molecule has 154 valence electrons. The van der Waals surface area contributed by atoms with Crippen molar-refractivity contribution in [2.75, 3.05) is 16.3 Å². The van der Waals surface area contributed by atoms with E-state index in [1.807, 2.05) is 31.2 Å². The van der Waals surface area contributed by atoms with Gasteiger partial charge in [-0.1, -0.05) is 12.1 Å². The number of anilines is 2. The highest BCUT2D eigenvalue weighted by molar-refractivity contribution is 6.20. The Labute approximate surface area is 174 Å². The van der Waals surface area contributed by atoms with Crippen LogP contribution in [0.3, 0.4) is 0 Å². The molecule has 0 aliphatic carbocycles. The van der Waals surface area contributed by atoms with Crippen molar-refractivity contribution in [3.8, 4) is 5.75 Å². The SMILES string of the molecule is Cc1cccc(N2C[C@@H](C(=O)Oc3ccc(N4C(=O)CCC4=O)c(C)c3)CC2=O)c1. The first-order valence-corrected chi connectivity index (χ1v) is 9.88. The van der Waals surface area contributed by atoms with E-state index in [0.717, 1.165) is 11.3 Å². The summed E-state index contributed by atoms with van der Waals surface area (Å²) >= 11 is 0. The molecule has 2 aliphatic rings. The Kier molecular flexibility index (Phi) is 5.11. The molecule has 0 spiro atoms. The van der Waals surface area contributed by atoms with Crippen LogP contribution in [0.15, 0.2) is 42.5 Å². The van der Waals surface area contributed by atoms with E-state index in [9.17, 15) is 19.2 Å². The molecular formula is C23H22N2O5. The third kappa shape index (κ3) is 3.70. The van der Waals surface area contributed by atoms with E-state index in [1.54, 1.807) is 30.0 Å². The molecule has 1 atom stereocenters. The second kappa shape index (κ2) is 7.74. The van der Waals surface area contributed by atoms with Crippen LogP contribution in [0.1, 0.15) is 30.4 Å². The predicted molar refractivity (Wildman–Crippen MR) is 110 cm³/mol. The molecule has 0 aromatic heterocycles. The number of hydrogen-bond acceptors (Lipinski definition) is 5. The average molecular weight is 406 g/mol. The van der Waals surface area contributed by atoms with E-state index in [2.05, 4.69) is 0 Å². The molecule has 0 N–H and O–H groups in total. The molecule has 2 saturated heterocycles. The summed E-state index contributed by atoms with van der Waals surface area (Å²) in [4.78, 5) is 51.7. The van der Waals surface area contributed by atoms with E-state index >= 15 is 0 Å². The number of carbonyl (C=O) groups is 4. The van der Waals surface area contributed by atoms with Gasteiger partial charge in [0, 0.05) is 31.5 Å². The van der Waals surface area contributed by atoms with E-state index in [0.29, 0.717) is 17.0 Å². The molecule has 0 unspecified atom stereocenters. The van der Waals surface area contributed by atoms with Crippen molar-refractivity contribution in [2.45, 2.75) is 33.1 Å². The van der Waals surface area contributed by atoms with Gasteiger partial charge in [0.1, 0.15) is 5.75 Å². The average Bonchev–Trinajstić information content (AvgIpc) is 3.25. The molecule has 2 aromatic carbocycles. The Morgan fingerprint density at radius 3 is 2.37 bits per heavy atom. The van der Waals surface area contributed by atoms with E-state index in [-0.39, 0.29) is 43.5 Å². The van der Waals surface area contributed by atoms with Crippen LogP contribution in [0.4, 0.5) is 11.4 Å². The zero-order chi connectivity index (χ0) is 21.4. The minimum Gasteiger partial charge on any atom is -0.426 e. The van der Waals surface area contributed by atoms with Gasteiger partial charge in [-0.3, -0.25) is 24.1 Å². The summed E-state index contributed by atoms with van der Waals surface area (Å²) < 4.78 is 5.50. The number of aryl methyl sites for hydroxylation is 2. The lowest BCUT2D eigenvalue weighted by Crippen LogP contribution is -2.29. The molecule has 3 amide bonds. The number of ether oxygens (including phenoxy) is 1. The first kappa shape index (κ1) is 19.8. The van der Waals surface area contributed by atoms with Crippen LogP contribution in [0.5, 0.6) is 5.75 Å². The summed E-state index contributed by atoms with van der Waals surface area (Å²) in [6, 6.07) is 12.4. The zero-order valence-corrected chi connectivity index (χ0v) is 16.9. The highest BCUT2D eigenvalue weighted by atomic mass is 16.5. The van der Waals surface area contributed by atoms with Crippen LogP contribution in [-0.2, 0) is 19.2 Å². The highest BCUT2D eigenvalue weighted by Gasteiger charge is 2.37. The first-order chi connectivity index (χ1) is 14.3. The minimum atomic E-state index is -0.556. The van der Waals surface area contributed by atoms with Gasteiger partial charge in [0.15, 0.2) is 0 Å². The Hall–Kier alpha value is -3.48. The fourth-order valence-electron chi connectivity index (χ4n) is 3.90. The first-order valence-electron chi connectivity index (χ1n) is 9.88. The van der Waals surface area contributed by atoms with Gasteiger partial charge in [-0.2, -0.15) is 0 Å². The van der Waals surface area contributed by atoms with Crippen LogP contribution in [-0.4, -0.2) is 30.2 Å². The van der Waals surface area contributed by atoms with Gasteiger partial charge in [-0.05, 0) is 55.3 Å². The Morgan fingerprint density at radius 2 is 1.70 bits per heavy atom. The summed E-state index contributed by atoms with van der Waals surface area (Å²) in [5.41, 5.74) is 2.98. The number of nitrogens with zero attached hydrogens (tertiary/aromatic N) is 2. The molecule has 4 rings (SSSR count). The lowest BCUT2D eigenvalue weighted by Gasteiger charge is -2.18. The number of amides is 3. The quantitative estimate of drug-likeness (QED) is 0.443. The molecule has 2 heterocycles. The molecule has 0 saturated carbocycles. The van der Waals surface area contributed by atoms with Gasteiger partial charge in [0.25, 0.3) is 0 Å². The molecule has 0 bridgehead atoms. The maximum absolute atomic E-state index is 12.6. The maximum atomic E-state index is 12.6. The van der Waals surface area contributed by atoms with Crippen LogP contribution in [0, 0.1) is 19.8 Å². The summed E-state index contributed by atoms with van der Waals surface area (Å²) in [6.45, 7) is 3.98. The fraction of sp³-hybridized carbons (Fsp3) is 0.304.